The molecule has 0 bridgehead atoms. The fourth-order valence-corrected chi connectivity index (χ4v) is 4.18. The lowest BCUT2D eigenvalue weighted by atomic mass is 9.87. The topological polar surface area (TPSA) is 110 Å². The SMILES string of the molecule is CCOC(=O)N1CC(c2cccc(OCC3=NC(c4ccccc4)ON3)c2)[C@@H](CC(=O)O)C1. The Morgan fingerprint density at radius 3 is 2.70 bits per heavy atom. The molecule has 0 aromatic heterocycles. The van der Waals surface area contributed by atoms with E-state index < -0.39 is 18.3 Å². The molecular formula is C24H27N3O6. The lowest BCUT2D eigenvalue weighted by Crippen LogP contribution is -2.29. The molecule has 2 aliphatic rings. The predicted molar refractivity (Wildman–Crippen MR) is 120 cm³/mol. The number of nitrogens with one attached hydrogen (secondary N) is 1. The van der Waals surface area contributed by atoms with Crippen molar-refractivity contribution in [3.05, 3.63) is 65.7 Å². The van der Waals surface area contributed by atoms with Gasteiger partial charge in [-0.15, -0.1) is 0 Å². The Hall–Kier alpha value is -3.59. The van der Waals surface area contributed by atoms with Crippen LogP contribution < -0.4 is 10.2 Å². The van der Waals surface area contributed by atoms with Crippen molar-refractivity contribution in [2.75, 3.05) is 26.3 Å². The first-order valence-electron chi connectivity index (χ1n) is 10.9. The van der Waals surface area contributed by atoms with E-state index in [0.717, 1.165) is 11.1 Å². The molecule has 1 saturated heterocycles. The van der Waals surface area contributed by atoms with Crippen molar-refractivity contribution < 1.29 is 29.0 Å². The summed E-state index contributed by atoms with van der Waals surface area (Å²) in [5, 5.41) is 9.34. The van der Waals surface area contributed by atoms with Crippen molar-refractivity contribution in [1.29, 1.82) is 0 Å². The lowest BCUT2D eigenvalue weighted by molar-refractivity contribution is -0.138. The van der Waals surface area contributed by atoms with E-state index in [1.54, 1.807) is 11.8 Å². The number of likely N-dealkylation sites (tertiary alicyclic amines) is 1. The van der Waals surface area contributed by atoms with Crippen molar-refractivity contribution in [3.63, 3.8) is 0 Å². The van der Waals surface area contributed by atoms with E-state index >= 15 is 0 Å². The van der Waals surface area contributed by atoms with Crippen LogP contribution in [0.25, 0.3) is 0 Å². The van der Waals surface area contributed by atoms with Crippen LogP contribution in [0, 0.1) is 5.92 Å². The summed E-state index contributed by atoms with van der Waals surface area (Å²) in [4.78, 5) is 35.2. The highest BCUT2D eigenvalue weighted by atomic mass is 16.7. The van der Waals surface area contributed by atoms with Gasteiger partial charge >= 0.3 is 12.1 Å². The van der Waals surface area contributed by atoms with Crippen LogP contribution >= 0.6 is 0 Å². The fourth-order valence-electron chi connectivity index (χ4n) is 4.18. The number of aliphatic imine (C=N–C) groups is 1. The summed E-state index contributed by atoms with van der Waals surface area (Å²) < 4.78 is 11.0. The molecule has 9 heteroatoms. The maximum Gasteiger partial charge on any atom is 0.409 e. The van der Waals surface area contributed by atoms with Crippen LogP contribution in [0.15, 0.2) is 59.6 Å². The van der Waals surface area contributed by atoms with Gasteiger partial charge in [0.15, 0.2) is 5.84 Å². The molecule has 1 amide bonds. The Labute approximate surface area is 191 Å². The minimum absolute atomic E-state index is 0.0232. The average Bonchev–Trinajstić information content (AvgIpc) is 3.46. The first kappa shape index (κ1) is 22.6. The molecule has 9 nitrogen and oxygen atoms in total. The molecule has 3 atom stereocenters. The normalized spacial score (nSPS) is 21.9. The van der Waals surface area contributed by atoms with Crippen molar-refractivity contribution in [1.82, 2.24) is 10.4 Å². The molecule has 0 spiro atoms. The van der Waals surface area contributed by atoms with Gasteiger partial charge in [-0.25, -0.2) is 20.1 Å². The first-order chi connectivity index (χ1) is 16.0. The third-order valence-corrected chi connectivity index (χ3v) is 5.71. The maximum absolute atomic E-state index is 12.2. The monoisotopic (exact) mass is 453 g/mol. The van der Waals surface area contributed by atoms with Gasteiger partial charge in [-0.1, -0.05) is 42.5 Å². The van der Waals surface area contributed by atoms with E-state index in [1.807, 2.05) is 54.6 Å². The highest BCUT2D eigenvalue weighted by Gasteiger charge is 2.38. The van der Waals surface area contributed by atoms with Crippen molar-refractivity contribution in [2.45, 2.75) is 25.5 Å². The van der Waals surface area contributed by atoms with Crippen LogP contribution in [0.2, 0.25) is 0 Å². The first-order valence-corrected chi connectivity index (χ1v) is 10.9. The second-order valence-electron chi connectivity index (χ2n) is 7.99. The number of aliphatic carboxylic acids is 1. The quantitative estimate of drug-likeness (QED) is 0.631. The summed E-state index contributed by atoms with van der Waals surface area (Å²) in [6.07, 6.45) is -0.855. The Morgan fingerprint density at radius 1 is 1.15 bits per heavy atom. The minimum Gasteiger partial charge on any atom is -0.486 e. The van der Waals surface area contributed by atoms with E-state index in [0.29, 0.717) is 24.7 Å². The average molecular weight is 453 g/mol. The van der Waals surface area contributed by atoms with E-state index in [1.165, 1.54) is 0 Å². The minimum atomic E-state index is -0.888. The third-order valence-electron chi connectivity index (χ3n) is 5.71. The van der Waals surface area contributed by atoms with E-state index in [9.17, 15) is 14.7 Å². The number of carbonyl (C=O) groups excluding carboxylic acids is 1. The van der Waals surface area contributed by atoms with Gasteiger partial charge < -0.3 is 19.5 Å². The van der Waals surface area contributed by atoms with Gasteiger partial charge in [0.05, 0.1) is 13.0 Å². The molecule has 2 N–H and O–H groups in total. The van der Waals surface area contributed by atoms with E-state index in [4.69, 9.17) is 14.3 Å². The van der Waals surface area contributed by atoms with Gasteiger partial charge in [0.2, 0.25) is 6.23 Å². The number of ether oxygens (including phenoxy) is 2. The van der Waals surface area contributed by atoms with Crippen LogP contribution in [-0.4, -0.2) is 54.2 Å². The van der Waals surface area contributed by atoms with Gasteiger partial charge in [0.1, 0.15) is 12.4 Å². The zero-order valence-electron chi connectivity index (χ0n) is 18.3. The molecule has 2 heterocycles. The number of rotatable bonds is 8. The largest absolute Gasteiger partial charge is 0.486 e. The number of hydrogen-bond donors (Lipinski definition) is 2. The molecule has 33 heavy (non-hydrogen) atoms. The number of nitrogens with zero attached hydrogens (tertiary/aromatic N) is 2. The maximum atomic E-state index is 12.2. The second kappa shape index (κ2) is 10.4. The Morgan fingerprint density at radius 2 is 1.94 bits per heavy atom. The highest BCUT2D eigenvalue weighted by Crippen LogP contribution is 2.36. The summed E-state index contributed by atoms with van der Waals surface area (Å²) in [5.74, 6) is -0.0116. The Kier molecular flexibility index (Phi) is 7.09. The molecule has 2 aromatic carbocycles. The van der Waals surface area contributed by atoms with E-state index in [2.05, 4.69) is 10.5 Å². The number of amides is 1. The molecule has 0 aliphatic carbocycles. The zero-order valence-corrected chi connectivity index (χ0v) is 18.3. The summed E-state index contributed by atoms with van der Waals surface area (Å²) in [7, 11) is 0. The number of carboxylic acids is 1. The molecule has 0 saturated carbocycles. The third kappa shape index (κ3) is 5.61. The van der Waals surface area contributed by atoms with Gasteiger partial charge in [0, 0.05) is 24.6 Å². The number of carboxylic acid groups (broad SMARTS) is 1. The van der Waals surface area contributed by atoms with Crippen LogP contribution in [0.3, 0.4) is 0 Å². The van der Waals surface area contributed by atoms with Crippen LogP contribution in [0.5, 0.6) is 5.75 Å². The smallest absolute Gasteiger partial charge is 0.409 e. The zero-order chi connectivity index (χ0) is 23.2. The van der Waals surface area contributed by atoms with Crippen molar-refractivity contribution in [2.24, 2.45) is 10.9 Å². The van der Waals surface area contributed by atoms with Crippen LogP contribution in [0.1, 0.15) is 36.6 Å². The summed E-state index contributed by atoms with van der Waals surface area (Å²) in [5.41, 5.74) is 4.67. The molecule has 1 fully saturated rings. The molecule has 0 radical (unpaired) electrons. The van der Waals surface area contributed by atoms with Crippen LogP contribution in [-0.2, 0) is 14.4 Å². The number of hydrogen-bond acceptors (Lipinski definition) is 7. The molecule has 2 aromatic rings. The molecule has 174 valence electrons. The summed E-state index contributed by atoms with van der Waals surface area (Å²) in [6.45, 7) is 2.98. The number of hydroxylamine groups is 1. The van der Waals surface area contributed by atoms with Gasteiger partial charge in [-0.2, -0.15) is 0 Å². The standard InChI is InChI=1S/C24H27N3O6/c1-2-31-24(30)27-13-18(12-22(28)29)20(14-27)17-9-6-10-19(11-17)32-15-21-25-23(33-26-21)16-7-4-3-5-8-16/h3-11,18,20,23H,2,12-15H2,1H3,(H,25,26)(H,28,29)/t18-,20?,23?/m0/s1. The Bertz CT molecular complexity index is 1010. The molecule has 2 aliphatic heterocycles. The molecular weight excluding hydrogens is 426 g/mol. The van der Waals surface area contributed by atoms with Crippen molar-refractivity contribution >= 4 is 17.9 Å². The number of amidine groups is 1. The number of carbonyl (C=O) groups is 2. The number of benzene rings is 2. The lowest BCUT2D eigenvalue weighted by Gasteiger charge is -2.18. The predicted octanol–water partition coefficient (Wildman–Crippen LogP) is 3.34. The fraction of sp³-hybridized carbons (Fsp3) is 0.375. The van der Waals surface area contributed by atoms with Gasteiger partial charge in [0.25, 0.3) is 0 Å². The molecule has 2 unspecified atom stereocenters. The Balaban J connectivity index is 1.42. The van der Waals surface area contributed by atoms with Gasteiger partial charge in [-0.3, -0.25) is 4.79 Å². The molecule has 4 rings (SSSR count). The highest BCUT2D eigenvalue weighted by molar-refractivity contribution is 5.83. The van der Waals surface area contributed by atoms with Gasteiger partial charge in [-0.05, 0) is 30.5 Å². The van der Waals surface area contributed by atoms with Crippen LogP contribution in [0.4, 0.5) is 4.79 Å². The summed E-state index contributed by atoms with van der Waals surface area (Å²) >= 11 is 0. The second-order valence-corrected chi connectivity index (χ2v) is 7.99. The van der Waals surface area contributed by atoms with Crippen molar-refractivity contribution in [3.8, 4) is 5.75 Å². The summed E-state index contributed by atoms with van der Waals surface area (Å²) in [6, 6.07) is 17.2. The van der Waals surface area contributed by atoms with E-state index in [-0.39, 0.29) is 31.5 Å².